The molecule has 4 heteroatoms. The summed E-state index contributed by atoms with van der Waals surface area (Å²) in [6.45, 7) is 5.44. The van der Waals surface area contributed by atoms with Gasteiger partial charge in [-0.2, -0.15) is 0 Å². The molecule has 0 atom stereocenters. The van der Waals surface area contributed by atoms with Gasteiger partial charge in [0.2, 0.25) is 5.91 Å². The summed E-state index contributed by atoms with van der Waals surface area (Å²) in [5, 5.41) is 4.91. The van der Waals surface area contributed by atoms with Crippen molar-refractivity contribution in [3.63, 3.8) is 0 Å². The van der Waals surface area contributed by atoms with Crippen molar-refractivity contribution in [1.29, 1.82) is 0 Å². The Morgan fingerprint density at radius 3 is 2.33 bits per heavy atom. The molecule has 0 spiro atoms. The number of carbonyl (C=O) groups excluding carboxylic acids is 1. The quantitative estimate of drug-likeness (QED) is 0.908. The van der Waals surface area contributed by atoms with E-state index in [-0.39, 0.29) is 5.91 Å². The molecule has 1 aromatic heterocycles. The zero-order valence-corrected chi connectivity index (χ0v) is 12.8. The highest BCUT2D eigenvalue weighted by Gasteiger charge is 2.11. The molecule has 21 heavy (non-hydrogen) atoms. The summed E-state index contributed by atoms with van der Waals surface area (Å²) in [5.41, 5.74) is 2.70. The van der Waals surface area contributed by atoms with E-state index >= 15 is 0 Å². The molecule has 0 unspecified atom stereocenters. The first kappa shape index (κ1) is 14.9. The van der Waals surface area contributed by atoms with E-state index in [1.807, 2.05) is 50.3 Å². The van der Waals surface area contributed by atoms with Crippen LogP contribution in [0.15, 0.2) is 24.3 Å². The van der Waals surface area contributed by atoms with Gasteiger partial charge in [-0.05, 0) is 38.1 Å². The first-order valence-electron chi connectivity index (χ1n) is 6.87. The van der Waals surface area contributed by atoms with Gasteiger partial charge in [0.15, 0.2) is 0 Å². The first-order valence-corrected chi connectivity index (χ1v) is 6.87. The predicted molar refractivity (Wildman–Crippen MR) is 86.6 cm³/mol. The molecule has 2 aromatic rings. The highest BCUT2D eigenvalue weighted by Crippen LogP contribution is 2.24. The van der Waals surface area contributed by atoms with Crippen LogP contribution in [-0.2, 0) is 4.79 Å². The number of benzene rings is 1. The van der Waals surface area contributed by atoms with Crippen LogP contribution in [0.4, 0.5) is 5.69 Å². The van der Waals surface area contributed by atoms with Crippen LogP contribution >= 0.6 is 0 Å². The molecule has 1 heterocycles. The van der Waals surface area contributed by atoms with Gasteiger partial charge >= 0.3 is 0 Å². The minimum absolute atomic E-state index is 0.0884. The number of hydrogen-bond acceptors (Lipinski definition) is 2. The molecular formula is C17H20N2O2. The summed E-state index contributed by atoms with van der Waals surface area (Å²) in [6, 6.07) is 7.74. The highest BCUT2D eigenvalue weighted by atomic mass is 16.5. The Balaban J connectivity index is 2.66. The maximum absolute atomic E-state index is 11.5. The van der Waals surface area contributed by atoms with Gasteiger partial charge in [-0.25, -0.2) is 0 Å². The Hall–Kier alpha value is -2.49. The van der Waals surface area contributed by atoms with Crippen molar-refractivity contribution in [1.82, 2.24) is 4.98 Å². The number of anilines is 1. The summed E-state index contributed by atoms with van der Waals surface area (Å²) in [7, 11) is 1.64. The number of aromatic nitrogens is 1. The van der Waals surface area contributed by atoms with E-state index in [2.05, 4.69) is 10.3 Å². The molecule has 1 aromatic carbocycles. The van der Waals surface area contributed by atoms with Crippen molar-refractivity contribution < 1.29 is 9.53 Å². The number of rotatable bonds is 3. The number of ether oxygens (including phenoxy) is 1. The fourth-order valence-electron chi connectivity index (χ4n) is 2.34. The molecule has 0 fully saturated rings. The number of H-pyrrole nitrogens is 1. The Morgan fingerprint density at radius 2 is 1.86 bits per heavy atom. The molecule has 110 valence electrons. The first-order chi connectivity index (χ1) is 10.1. The number of hydrogen-bond donors (Lipinski definition) is 2. The molecule has 2 rings (SSSR count). The van der Waals surface area contributed by atoms with Gasteiger partial charge in [0.05, 0.1) is 18.5 Å². The van der Waals surface area contributed by atoms with Crippen LogP contribution in [0.2, 0.25) is 0 Å². The lowest BCUT2D eigenvalue weighted by Gasteiger charge is -2.06. The number of methoxy groups -OCH3 is 1. The van der Waals surface area contributed by atoms with Crippen LogP contribution < -0.4 is 20.6 Å². The molecule has 0 aliphatic heterocycles. The molecule has 0 aliphatic rings. The van der Waals surface area contributed by atoms with Gasteiger partial charge in [0, 0.05) is 23.1 Å². The molecule has 0 radical (unpaired) electrons. The summed E-state index contributed by atoms with van der Waals surface area (Å²) in [5.74, 6) is 0.713. The molecule has 1 amide bonds. The standard InChI is InChI=1S/C17H20N2O2/c1-5-14-15(6-2)19-16(17(14)18-11(3)20)12-7-9-13(21-4)10-8-12/h5-10,19H,1-4H3,(H,18,20)/b14-5+,15-6+. The molecule has 0 saturated carbocycles. The van der Waals surface area contributed by atoms with Gasteiger partial charge < -0.3 is 15.0 Å². The zero-order valence-electron chi connectivity index (χ0n) is 12.8. The minimum atomic E-state index is -0.0884. The van der Waals surface area contributed by atoms with Crippen LogP contribution in [0.25, 0.3) is 23.4 Å². The Labute approximate surface area is 124 Å². The van der Waals surface area contributed by atoms with Gasteiger partial charge in [0.1, 0.15) is 5.75 Å². The molecule has 0 aliphatic carbocycles. The smallest absolute Gasteiger partial charge is 0.221 e. The normalized spacial score (nSPS) is 12.6. The summed E-state index contributed by atoms with van der Waals surface area (Å²) in [4.78, 5) is 14.9. The highest BCUT2D eigenvalue weighted by molar-refractivity contribution is 5.93. The van der Waals surface area contributed by atoms with Crippen LogP contribution in [0.3, 0.4) is 0 Å². The second-order valence-electron chi connectivity index (χ2n) is 4.69. The molecule has 0 bridgehead atoms. The minimum Gasteiger partial charge on any atom is -0.497 e. The van der Waals surface area contributed by atoms with E-state index < -0.39 is 0 Å². The fourth-order valence-corrected chi connectivity index (χ4v) is 2.34. The third-order valence-electron chi connectivity index (χ3n) is 3.33. The zero-order chi connectivity index (χ0) is 15.4. The Bertz CT molecular complexity index is 755. The lowest BCUT2D eigenvalue weighted by Crippen LogP contribution is -2.25. The number of nitrogens with one attached hydrogen (secondary N) is 2. The van der Waals surface area contributed by atoms with Gasteiger partial charge in [-0.15, -0.1) is 0 Å². The van der Waals surface area contributed by atoms with Crippen LogP contribution in [0.1, 0.15) is 20.8 Å². The van der Waals surface area contributed by atoms with E-state index in [4.69, 9.17) is 4.74 Å². The average molecular weight is 284 g/mol. The maximum Gasteiger partial charge on any atom is 0.221 e. The summed E-state index contributed by atoms with van der Waals surface area (Å²) < 4.78 is 5.18. The topological polar surface area (TPSA) is 54.1 Å². The molecular weight excluding hydrogens is 264 g/mol. The van der Waals surface area contributed by atoms with E-state index in [1.54, 1.807) is 7.11 Å². The summed E-state index contributed by atoms with van der Waals surface area (Å²) in [6.07, 6.45) is 3.98. The molecule has 4 nitrogen and oxygen atoms in total. The Morgan fingerprint density at radius 1 is 1.19 bits per heavy atom. The third-order valence-corrected chi connectivity index (χ3v) is 3.33. The lowest BCUT2D eigenvalue weighted by molar-refractivity contribution is -0.114. The number of amides is 1. The molecule has 2 N–H and O–H groups in total. The van der Waals surface area contributed by atoms with Gasteiger partial charge in [0.25, 0.3) is 0 Å². The van der Waals surface area contributed by atoms with E-state index in [0.717, 1.165) is 33.3 Å². The SMILES string of the molecule is C/C=c1/c(NC(C)=O)c(-c2ccc(OC)cc2)[nH]/c1=C/C. The molecule has 0 saturated heterocycles. The second-order valence-corrected chi connectivity index (χ2v) is 4.69. The number of carbonyl (C=O) groups is 1. The van der Waals surface area contributed by atoms with Gasteiger partial charge in [-0.1, -0.05) is 12.2 Å². The van der Waals surface area contributed by atoms with Crippen molar-refractivity contribution in [3.05, 3.63) is 34.8 Å². The monoisotopic (exact) mass is 284 g/mol. The van der Waals surface area contributed by atoms with Crippen LogP contribution in [0.5, 0.6) is 5.75 Å². The van der Waals surface area contributed by atoms with Crippen molar-refractivity contribution in [2.45, 2.75) is 20.8 Å². The predicted octanol–water partition coefficient (Wildman–Crippen LogP) is 2.25. The van der Waals surface area contributed by atoms with Gasteiger partial charge in [-0.3, -0.25) is 4.79 Å². The van der Waals surface area contributed by atoms with E-state index in [9.17, 15) is 4.79 Å². The van der Waals surface area contributed by atoms with Crippen molar-refractivity contribution in [2.75, 3.05) is 12.4 Å². The van der Waals surface area contributed by atoms with E-state index in [1.165, 1.54) is 6.92 Å². The van der Waals surface area contributed by atoms with Crippen LogP contribution in [0, 0.1) is 0 Å². The van der Waals surface area contributed by atoms with Crippen molar-refractivity contribution >= 4 is 23.7 Å². The largest absolute Gasteiger partial charge is 0.497 e. The lowest BCUT2D eigenvalue weighted by atomic mass is 10.1. The second kappa shape index (κ2) is 6.31. The number of aromatic amines is 1. The average Bonchev–Trinajstić information content (AvgIpc) is 2.84. The van der Waals surface area contributed by atoms with Crippen molar-refractivity contribution in [2.24, 2.45) is 0 Å². The fraction of sp³-hybridized carbons (Fsp3) is 0.235. The van der Waals surface area contributed by atoms with Crippen LogP contribution in [-0.4, -0.2) is 18.0 Å². The van der Waals surface area contributed by atoms with Crippen molar-refractivity contribution in [3.8, 4) is 17.0 Å². The Kier molecular flexibility index (Phi) is 4.48. The summed E-state index contributed by atoms with van der Waals surface area (Å²) >= 11 is 0. The maximum atomic E-state index is 11.5. The third kappa shape index (κ3) is 2.99. The van der Waals surface area contributed by atoms with E-state index in [0.29, 0.717) is 0 Å².